The van der Waals surface area contributed by atoms with Crippen molar-refractivity contribution in [2.75, 3.05) is 13.7 Å². The summed E-state index contributed by atoms with van der Waals surface area (Å²) in [7, 11) is 1.41. The van der Waals surface area contributed by atoms with E-state index in [-0.39, 0.29) is 6.61 Å². The van der Waals surface area contributed by atoms with E-state index in [4.69, 9.17) is 9.84 Å². The minimum absolute atomic E-state index is 0.132. The molecule has 0 spiro atoms. The predicted octanol–water partition coefficient (Wildman–Crippen LogP) is -2.65. The molecule has 5 N–H and O–H groups in total. The van der Waals surface area contributed by atoms with Gasteiger partial charge in [0.25, 0.3) is 0 Å². The molecule has 2 amide bonds. The van der Waals surface area contributed by atoms with E-state index in [2.05, 4.69) is 10.6 Å². The summed E-state index contributed by atoms with van der Waals surface area (Å²) in [6.45, 7) is -0.132. The van der Waals surface area contributed by atoms with Gasteiger partial charge < -0.3 is 30.7 Å². The van der Waals surface area contributed by atoms with E-state index < -0.39 is 30.6 Å². The van der Waals surface area contributed by atoms with Crippen LogP contribution in [-0.2, 0) is 4.74 Å². The second kappa shape index (κ2) is 4.56. The van der Waals surface area contributed by atoms with Crippen LogP contribution >= 0.6 is 0 Å². The summed E-state index contributed by atoms with van der Waals surface area (Å²) >= 11 is 0. The molecule has 1 aliphatic heterocycles. The second-order valence-corrected chi connectivity index (χ2v) is 3.03. The van der Waals surface area contributed by atoms with Gasteiger partial charge >= 0.3 is 6.03 Å². The van der Waals surface area contributed by atoms with Gasteiger partial charge in [-0.25, -0.2) is 4.79 Å². The molecule has 14 heavy (non-hydrogen) atoms. The van der Waals surface area contributed by atoms with E-state index in [1.54, 1.807) is 0 Å². The Bertz CT molecular complexity index is 212. The molecule has 1 saturated heterocycles. The average Bonchev–Trinajstić information content (AvgIpc) is 2.19. The third kappa shape index (κ3) is 2.32. The number of carbonyl (C=O) groups excluding carboxylic acids is 1. The molecule has 0 radical (unpaired) electrons. The lowest BCUT2D eigenvalue weighted by Crippen LogP contribution is -2.59. The number of aliphatic hydroxyl groups is 3. The zero-order valence-corrected chi connectivity index (χ0v) is 7.67. The summed E-state index contributed by atoms with van der Waals surface area (Å²) in [6, 6.07) is -0.530. The smallest absolute Gasteiger partial charge is 0.316 e. The van der Waals surface area contributed by atoms with Crippen LogP contribution in [0.15, 0.2) is 0 Å². The summed E-state index contributed by atoms with van der Waals surface area (Å²) in [6.07, 6.45) is -4.79. The molecule has 0 aliphatic carbocycles. The van der Waals surface area contributed by atoms with Crippen molar-refractivity contribution in [3.8, 4) is 0 Å². The molecule has 1 rings (SSSR count). The number of amides is 2. The van der Waals surface area contributed by atoms with E-state index in [1.165, 1.54) is 7.05 Å². The van der Waals surface area contributed by atoms with Crippen molar-refractivity contribution >= 4 is 6.03 Å². The zero-order chi connectivity index (χ0) is 10.7. The van der Waals surface area contributed by atoms with Crippen molar-refractivity contribution in [2.24, 2.45) is 0 Å². The van der Waals surface area contributed by atoms with Crippen LogP contribution in [0, 0.1) is 0 Å². The Labute approximate surface area is 80.7 Å². The number of carbonyl (C=O) groups is 1. The van der Waals surface area contributed by atoms with Gasteiger partial charge in [-0.2, -0.15) is 0 Å². The van der Waals surface area contributed by atoms with E-state index in [9.17, 15) is 15.0 Å². The number of hydrogen-bond donors (Lipinski definition) is 5. The quantitative estimate of drug-likeness (QED) is 0.322. The first-order valence-corrected chi connectivity index (χ1v) is 4.20. The molecule has 1 fully saturated rings. The van der Waals surface area contributed by atoms with E-state index >= 15 is 0 Å². The maximum absolute atomic E-state index is 10.9. The first kappa shape index (κ1) is 11.2. The summed E-state index contributed by atoms with van der Waals surface area (Å²) < 4.78 is 4.91. The Balaban J connectivity index is 2.50. The van der Waals surface area contributed by atoms with Crippen LogP contribution in [0.25, 0.3) is 0 Å². The van der Waals surface area contributed by atoms with Gasteiger partial charge in [0.2, 0.25) is 0 Å². The lowest BCUT2D eigenvalue weighted by molar-refractivity contribution is -0.191. The lowest BCUT2D eigenvalue weighted by atomic mass is 10.0. The van der Waals surface area contributed by atoms with Gasteiger partial charge in [-0.05, 0) is 0 Å². The first-order valence-electron chi connectivity index (χ1n) is 4.20. The van der Waals surface area contributed by atoms with E-state index in [1.807, 2.05) is 0 Å². The second-order valence-electron chi connectivity index (χ2n) is 3.03. The van der Waals surface area contributed by atoms with Crippen LogP contribution in [0.4, 0.5) is 4.79 Å². The average molecular weight is 206 g/mol. The molecular formula is C7H14N2O5. The fourth-order valence-corrected chi connectivity index (χ4v) is 1.13. The van der Waals surface area contributed by atoms with Gasteiger partial charge in [0.1, 0.15) is 18.3 Å². The highest BCUT2D eigenvalue weighted by Gasteiger charge is 2.38. The highest BCUT2D eigenvalue weighted by atomic mass is 16.5. The van der Waals surface area contributed by atoms with Crippen LogP contribution in [0.5, 0.6) is 0 Å². The Hall–Kier alpha value is -0.890. The van der Waals surface area contributed by atoms with Gasteiger partial charge in [0.05, 0.1) is 6.61 Å². The third-order valence-corrected chi connectivity index (χ3v) is 2.00. The standard InChI is InChI=1S/C7H14N2O5/c1-8-7(13)9-6-5(12)4(11)3(10)2-14-6/h3-6,10-12H,2H2,1H3,(H2,8,9,13)/t3-,4-,5+,6+/m1/s1. The number of urea groups is 1. The van der Waals surface area contributed by atoms with Crippen molar-refractivity contribution in [2.45, 2.75) is 24.5 Å². The van der Waals surface area contributed by atoms with Gasteiger partial charge in [0.15, 0.2) is 6.23 Å². The first-order chi connectivity index (χ1) is 6.56. The van der Waals surface area contributed by atoms with Crippen molar-refractivity contribution in [1.29, 1.82) is 0 Å². The lowest BCUT2D eigenvalue weighted by Gasteiger charge is -2.35. The molecule has 1 heterocycles. The molecule has 7 nitrogen and oxygen atoms in total. The SMILES string of the molecule is CNC(=O)N[C@H]1OC[C@@H](O)[C@@H](O)[C@@H]1O. The molecule has 7 heteroatoms. The Morgan fingerprint density at radius 3 is 2.57 bits per heavy atom. The maximum Gasteiger partial charge on any atom is 0.316 e. The van der Waals surface area contributed by atoms with Gasteiger partial charge in [-0.1, -0.05) is 0 Å². The molecule has 0 bridgehead atoms. The van der Waals surface area contributed by atoms with Crippen LogP contribution in [0.2, 0.25) is 0 Å². The molecule has 0 aromatic carbocycles. The fraction of sp³-hybridized carbons (Fsp3) is 0.857. The third-order valence-electron chi connectivity index (χ3n) is 2.00. The van der Waals surface area contributed by atoms with Crippen molar-refractivity contribution in [3.63, 3.8) is 0 Å². The number of rotatable bonds is 1. The summed E-state index contributed by atoms with van der Waals surface area (Å²) in [4.78, 5) is 10.9. The zero-order valence-electron chi connectivity index (χ0n) is 7.67. The highest BCUT2D eigenvalue weighted by Crippen LogP contribution is 2.13. The van der Waals surface area contributed by atoms with E-state index in [0.717, 1.165) is 0 Å². The summed E-state index contributed by atoms with van der Waals surface area (Å²) in [5, 5.41) is 32.3. The topological polar surface area (TPSA) is 111 Å². The Morgan fingerprint density at radius 2 is 2.00 bits per heavy atom. The van der Waals surface area contributed by atoms with Crippen LogP contribution in [0.1, 0.15) is 0 Å². The normalized spacial score (nSPS) is 37.7. The number of aliphatic hydroxyl groups excluding tert-OH is 3. The largest absolute Gasteiger partial charge is 0.388 e. The van der Waals surface area contributed by atoms with Crippen molar-refractivity contribution in [3.05, 3.63) is 0 Å². The van der Waals surface area contributed by atoms with Gasteiger partial charge in [0, 0.05) is 7.05 Å². The Morgan fingerprint density at radius 1 is 1.36 bits per heavy atom. The summed E-state index contributed by atoms with van der Waals surface area (Å²) in [5.41, 5.74) is 0. The predicted molar refractivity (Wildman–Crippen MR) is 45.4 cm³/mol. The molecule has 1 aliphatic rings. The van der Waals surface area contributed by atoms with Crippen molar-refractivity contribution in [1.82, 2.24) is 10.6 Å². The molecule has 4 atom stereocenters. The number of ether oxygens (including phenoxy) is 1. The molecule has 0 aromatic heterocycles. The highest BCUT2D eigenvalue weighted by molar-refractivity contribution is 5.73. The number of nitrogens with one attached hydrogen (secondary N) is 2. The molecule has 0 unspecified atom stereocenters. The molecular weight excluding hydrogens is 192 g/mol. The van der Waals surface area contributed by atoms with Crippen LogP contribution in [-0.4, -0.2) is 59.5 Å². The van der Waals surface area contributed by atoms with E-state index in [0.29, 0.717) is 0 Å². The maximum atomic E-state index is 10.9. The summed E-state index contributed by atoms with van der Waals surface area (Å²) in [5.74, 6) is 0. The minimum atomic E-state index is -1.34. The van der Waals surface area contributed by atoms with Gasteiger partial charge in [-0.15, -0.1) is 0 Å². The molecule has 0 saturated carbocycles. The Kier molecular flexibility index (Phi) is 3.64. The molecule has 0 aromatic rings. The monoisotopic (exact) mass is 206 g/mol. The fourth-order valence-electron chi connectivity index (χ4n) is 1.13. The van der Waals surface area contributed by atoms with Crippen molar-refractivity contribution < 1.29 is 24.9 Å². The minimum Gasteiger partial charge on any atom is -0.388 e. The number of hydrogen-bond acceptors (Lipinski definition) is 5. The van der Waals surface area contributed by atoms with Crippen LogP contribution < -0.4 is 10.6 Å². The molecule has 82 valence electrons. The van der Waals surface area contributed by atoms with Gasteiger partial charge in [-0.3, -0.25) is 0 Å². The van der Waals surface area contributed by atoms with Crippen LogP contribution in [0.3, 0.4) is 0 Å².